The number of hydrogen-bond donors (Lipinski definition) is 1. The Hall–Kier alpha value is -2.30. The molecule has 4 nitrogen and oxygen atoms in total. The van der Waals surface area contributed by atoms with Crippen molar-refractivity contribution in [2.75, 3.05) is 5.32 Å². The van der Waals surface area contributed by atoms with Crippen LogP contribution in [0.2, 0.25) is 0 Å². The maximum absolute atomic E-state index is 13.7. The van der Waals surface area contributed by atoms with Crippen LogP contribution in [0.3, 0.4) is 0 Å². The first-order valence-corrected chi connectivity index (χ1v) is 6.18. The molecule has 0 saturated heterocycles. The monoisotopic (exact) mass is 277 g/mol. The number of anilines is 1. The minimum absolute atomic E-state index is 0.0492. The van der Waals surface area contributed by atoms with Gasteiger partial charge in [-0.1, -0.05) is 0 Å². The molecule has 0 radical (unpaired) electrons. The van der Waals surface area contributed by atoms with E-state index in [0.717, 1.165) is 0 Å². The van der Waals surface area contributed by atoms with Crippen molar-refractivity contribution >= 4 is 11.8 Å². The van der Waals surface area contributed by atoms with Gasteiger partial charge in [-0.15, -0.1) is 0 Å². The second-order valence-electron chi connectivity index (χ2n) is 5.30. The van der Waals surface area contributed by atoms with Crippen molar-refractivity contribution in [2.24, 2.45) is 0 Å². The number of benzene rings is 1. The van der Waals surface area contributed by atoms with Crippen molar-refractivity contribution in [1.82, 2.24) is 0 Å². The molecule has 1 aromatic carbocycles. The summed E-state index contributed by atoms with van der Waals surface area (Å²) in [4.78, 5) is 11.7. The van der Waals surface area contributed by atoms with Crippen LogP contribution in [0.15, 0.2) is 41.0 Å². The van der Waals surface area contributed by atoms with E-state index in [-0.39, 0.29) is 5.69 Å². The van der Waals surface area contributed by atoms with Gasteiger partial charge in [0.25, 0.3) is 0 Å². The molecule has 2 rings (SSSR count). The molecule has 1 heterocycles. The predicted octanol–water partition coefficient (Wildman–Crippen LogP) is 4.43. The third-order valence-corrected chi connectivity index (χ3v) is 2.41. The van der Waals surface area contributed by atoms with E-state index in [4.69, 9.17) is 9.15 Å². The van der Waals surface area contributed by atoms with Gasteiger partial charge >= 0.3 is 6.09 Å². The zero-order chi connectivity index (χ0) is 14.8. The van der Waals surface area contributed by atoms with Gasteiger partial charge in [0.15, 0.2) is 0 Å². The molecule has 0 aliphatic carbocycles. The van der Waals surface area contributed by atoms with Gasteiger partial charge in [0.2, 0.25) is 0 Å². The van der Waals surface area contributed by atoms with Gasteiger partial charge in [0.05, 0.1) is 12.0 Å². The van der Waals surface area contributed by atoms with Crippen molar-refractivity contribution in [2.45, 2.75) is 26.4 Å². The van der Waals surface area contributed by atoms with E-state index >= 15 is 0 Å². The van der Waals surface area contributed by atoms with Crippen molar-refractivity contribution in [3.05, 3.63) is 42.4 Å². The number of halogens is 1. The van der Waals surface area contributed by atoms with Crippen molar-refractivity contribution in [3.63, 3.8) is 0 Å². The van der Waals surface area contributed by atoms with Crippen LogP contribution in [0.5, 0.6) is 0 Å². The minimum Gasteiger partial charge on any atom is -0.464 e. The van der Waals surface area contributed by atoms with Crippen molar-refractivity contribution in [1.29, 1.82) is 0 Å². The summed E-state index contributed by atoms with van der Waals surface area (Å²) < 4.78 is 24.0. The highest BCUT2D eigenvalue weighted by Gasteiger charge is 2.17. The van der Waals surface area contributed by atoms with Gasteiger partial charge in [0, 0.05) is 5.56 Å². The van der Waals surface area contributed by atoms with Crippen LogP contribution in [-0.4, -0.2) is 11.7 Å². The highest BCUT2D eigenvalue weighted by molar-refractivity contribution is 5.86. The Kier molecular flexibility index (Phi) is 3.79. The van der Waals surface area contributed by atoms with Crippen LogP contribution in [0.1, 0.15) is 20.8 Å². The first-order chi connectivity index (χ1) is 9.35. The normalized spacial score (nSPS) is 11.2. The van der Waals surface area contributed by atoms with Crippen LogP contribution < -0.4 is 5.32 Å². The number of carbonyl (C=O) groups is 1. The molecule has 5 heteroatoms. The van der Waals surface area contributed by atoms with E-state index in [1.54, 1.807) is 39.0 Å². The lowest BCUT2D eigenvalue weighted by Crippen LogP contribution is -2.27. The fraction of sp³-hybridized carbons (Fsp3) is 0.267. The lowest BCUT2D eigenvalue weighted by Gasteiger charge is -2.19. The molecule has 1 amide bonds. The first kappa shape index (κ1) is 14.1. The Morgan fingerprint density at radius 1 is 1.30 bits per heavy atom. The summed E-state index contributed by atoms with van der Waals surface area (Å²) in [5.41, 5.74) is 0.0785. The molecule has 0 saturated carbocycles. The molecule has 0 aliphatic rings. The molecule has 0 spiro atoms. The lowest BCUT2D eigenvalue weighted by molar-refractivity contribution is 0.0635. The molecular weight excluding hydrogens is 261 g/mol. The molecule has 0 atom stereocenters. The van der Waals surface area contributed by atoms with E-state index in [9.17, 15) is 9.18 Å². The number of carbonyl (C=O) groups excluding carboxylic acids is 1. The molecule has 0 bridgehead atoms. The summed E-state index contributed by atoms with van der Waals surface area (Å²) >= 11 is 0. The number of hydrogen-bond acceptors (Lipinski definition) is 3. The third kappa shape index (κ3) is 3.60. The molecule has 20 heavy (non-hydrogen) atoms. The average Bonchev–Trinajstić information content (AvgIpc) is 2.83. The highest BCUT2D eigenvalue weighted by Crippen LogP contribution is 2.25. The van der Waals surface area contributed by atoms with Crippen LogP contribution >= 0.6 is 0 Å². The van der Waals surface area contributed by atoms with Crippen LogP contribution in [0, 0.1) is 5.82 Å². The Balaban J connectivity index is 2.19. The number of furan rings is 1. The van der Waals surface area contributed by atoms with Gasteiger partial charge in [-0.05, 0) is 51.1 Å². The summed E-state index contributed by atoms with van der Waals surface area (Å²) in [6.07, 6.45) is 0.827. The van der Waals surface area contributed by atoms with Gasteiger partial charge in [0.1, 0.15) is 17.2 Å². The molecule has 2 aromatic rings. The van der Waals surface area contributed by atoms with Gasteiger partial charge in [-0.3, -0.25) is 5.32 Å². The average molecular weight is 277 g/mol. The van der Waals surface area contributed by atoms with Gasteiger partial charge in [-0.2, -0.15) is 0 Å². The van der Waals surface area contributed by atoms with E-state index < -0.39 is 17.5 Å². The molecule has 1 aromatic heterocycles. The molecular formula is C15H16FNO3. The highest BCUT2D eigenvalue weighted by atomic mass is 19.1. The quantitative estimate of drug-likeness (QED) is 0.883. The van der Waals surface area contributed by atoms with Crippen LogP contribution in [0.25, 0.3) is 11.3 Å². The fourth-order valence-electron chi connectivity index (χ4n) is 1.63. The van der Waals surface area contributed by atoms with Crippen LogP contribution in [-0.2, 0) is 4.74 Å². The second kappa shape index (κ2) is 5.36. The predicted molar refractivity (Wildman–Crippen MR) is 74.0 cm³/mol. The van der Waals surface area contributed by atoms with E-state index in [2.05, 4.69) is 5.32 Å². The third-order valence-electron chi connectivity index (χ3n) is 2.41. The minimum atomic E-state index is -0.701. The second-order valence-corrected chi connectivity index (χ2v) is 5.30. The smallest absolute Gasteiger partial charge is 0.412 e. The van der Waals surface area contributed by atoms with Gasteiger partial charge < -0.3 is 9.15 Å². The Morgan fingerprint density at radius 3 is 2.65 bits per heavy atom. The summed E-state index contributed by atoms with van der Waals surface area (Å²) in [7, 11) is 0. The zero-order valence-electron chi connectivity index (χ0n) is 11.6. The summed E-state index contributed by atoms with van der Waals surface area (Å²) in [6.45, 7) is 5.21. The number of ether oxygens (including phenoxy) is 1. The van der Waals surface area contributed by atoms with Crippen molar-refractivity contribution in [3.8, 4) is 11.3 Å². The SMILES string of the molecule is CC(C)(C)OC(=O)Nc1cc(-c2ccco2)ccc1F. The van der Waals surface area contributed by atoms with Crippen molar-refractivity contribution < 1.29 is 18.3 Å². The fourth-order valence-corrected chi connectivity index (χ4v) is 1.63. The molecule has 0 unspecified atom stereocenters. The Morgan fingerprint density at radius 2 is 2.05 bits per heavy atom. The van der Waals surface area contributed by atoms with E-state index in [1.807, 2.05) is 0 Å². The number of amides is 1. The molecule has 0 fully saturated rings. The molecule has 1 N–H and O–H groups in total. The summed E-state index contributed by atoms with van der Waals surface area (Å²) in [5.74, 6) is 0.0587. The number of nitrogens with one attached hydrogen (secondary N) is 1. The summed E-state index contributed by atoms with van der Waals surface area (Å²) in [5, 5.41) is 2.39. The topological polar surface area (TPSA) is 51.5 Å². The molecule has 0 aliphatic heterocycles. The first-order valence-electron chi connectivity index (χ1n) is 6.18. The zero-order valence-corrected chi connectivity index (χ0v) is 11.6. The lowest BCUT2D eigenvalue weighted by atomic mass is 10.1. The largest absolute Gasteiger partial charge is 0.464 e. The Bertz CT molecular complexity index is 600. The Labute approximate surface area is 116 Å². The van der Waals surface area contributed by atoms with E-state index in [1.165, 1.54) is 18.4 Å². The maximum atomic E-state index is 13.7. The summed E-state index contributed by atoms with van der Waals surface area (Å²) in [6, 6.07) is 7.83. The standard InChI is InChI=1S/C15H16FNO3/c1-15(2,3)20-14(18)17-12-9-10(6-7-11(12)16)13-5-4-8-19-13/h4-9H,1-3H3,(H,17,18). The maximum Gasteiger partial charge on any atom is 0.412 e. The van der Waals surface area contributed by atoms with E-state index in [0.29, 0.717) is 11.3 Å². The number of rotatable bonds is 2. The van der Waals surface area contributed by atoms with Crippen LogP contribution in [0.4, 0.5) is 14.9 Å². The van der Waals surface area contributed by atoms with Gasteiger partial charge in [-0.25, -0.2) is 9.18 Å². The molecule has 106 valence electrons.